The van der Waals surface area contributed by atoms with Gasteiger partial charge in [-0.25, -0.2) is 0 Å². The zero-order valence-electron chi connectivity index (χ0n) is 51.5. The molecule has 0 bridgehead atoms. The molecule has 0 aliphatic rings. The molecule has 0 fully saturated rings. The predicted octanol–water partition coefficient (Wildman–Crippen LogP) is 20.5. The Kier molecular flexibility index (Phi) is 57.4. The van der Waals surface area contributed by atoms with Gasteiger partial charge in [-0.15, -0.1) is 0 Å². The third-order valence-corrected chi connectivity index (χ3v) is 16.2. The predicted molar refractivity (Wildman–Crippen MR) is 324 cm³/mol. The number of hydrogen-bond acceptors (Lipinski definition) is 8. The van der Waals surface area contributed by atoms with E-state index in [0.717, 1.165) is 32.1 Å². The number of nitrogens with zero attached hydrogens (tertiary/aromatic N) is 1. The summed E-state index contributed by atoms with van der Waals surface area (Å²) in [6.07, 6.45) is 70.1. The second-order valence-electron chi connectivity index (χ2n) is 24.2. The van der Waals surface area contributed by atoms with Crippen molar-refractivity contribution in [3.8, 4) is 0 Å². The van der Waals surface area contributed by atoms with Crippen LogP contribution in [0.15, 0.2) is 12.2 Å². The van der Waals surface area contributed by atoms with Crippen molar-refractivity contribution in [2.45, 2.75) is 354 Å². The highest BCUT2D eigenvalue weighted by molar-refractivity contribution is 7.45. The highest BCUT2D eigenvalue weighted by atomic mass is 31.2. The molecule has 0 heterocycles. The van der Waals surface area contributed by atoms with Crippen LogP contribution in [0.3, 0.4) is 0 Å². The first-order valence-corrected chi connectivity index (χ1v) is 34.9. The quantitative estimate of drug-likeness (QED) is 0.0195. The molecule has 0 aromatic carbocycles. The lowest BCUT2D eigenvalue weighted by molar-refractivity contribution is -0.870. The average molecular weight is 1100 g/mol. The Hall–Kier alpha value is -1.25. The Labute approximate surface area is 473 Å². The third-order valence-electron chi connectivity index (χ3n) is 15.3. The minimum Gasteiger partial charge on any atom is -0.756 e. The van der Waals surface area contributed by atoms with E-state index in [-0.39, 0.29) is 32.0 Å². The van der Waals surface area contributed by atoms with Crippen LogP contribution in [0.4, 0.5) is 0 Å². The smallest absolute Gasteiger partial charge is 0.306 e. The molecule has 0 spiro atoms. The highest BCUT2D eigenvalue weighted by Crippen LogP contribution is 2.38. The molecule has 0 N–H and O–H groups in total. The van der Waals surface area contributed by atoms with Crippen molar-refractivity contribution in [3.63, 3.8) is 0 Å². The summed E-state index contributed by atoms with van der Waals surface area (Å²) in [6.45, 7) is 4.31. The van der Waals surface area contributed by atoms with Gasteiger partial charge >= 0.3 is 11.9 Å². The molecular formula is C66H130NO8P. The van der Waals surface area contributed by atoms with E-state index >= 15 is 0 Å². The Morgan fingerprint density at radius 1 is 0.395 bits per heavy atom. The molecule has 9 nitrogen and oxygen atoms in total. The van der Waals surface area contributed by atoms with Crippen LogP contribution in [0.25, 0.3) is 0 Å². The number of likely N-dealkylation sites (N-methyl/N-ethyl adjacent to an activating group) is 1. The molecular weight excluding hydrogens is 966 g/mol. The van der Waals surface area contributed by atoms with Crippen LogP contribution in [-0.2, 0) is 32.7 Å². The van der Waals surface area contributed by atoms with E-state index in [2.05, 4.69) is 26.0 Å². The highest BCUT2D eigenvalue weighted by Gasteiger charge is 2.22. The molecule has 0 rings (SSSR count). The van der Waals surface area contributed by atoms with Gasteiger partial charge in [0.05, 0.1) is 27.7 Å². The molecule has 2 unspecified atom stereocenters. The molecule has 0 aromatic heterocycles. The lowest BCUT2D eigenvalue weighted by Gasteiger charge is -2.28. The molecule has 0 amide bonds. The van der Waals surface area contributed by atoms with Gasteiger partial charge in [0.15, 0.2) is 6.10 Å². The van der Waals surface area contributed by atoms with Gasteiger partial charge in [-0.1, -0.05) is 309 Å². The second-order valence-corrected chi connectivity index (χ2v) is 25.6. The van der Waals surface area contributed by atoms with Crippen molar-refractivity contribution in [2.24, 2.45) is 0 Å². The molecule has 0 aliphatic carbocycles. The lowest BCUT2D eigenvalue weighted by atomic mass is 10.0. The maximum absolute atomic E-state index is 12.8. The molecule has 0 radical (unpaired) electrons. The fraction of sp³-hybridized carbons (Fsp3) is 0.939. The summed E-state index contributed by atoms with van der Waals surface area (Å²) >= 11 is 0. The molecule has 0 aromatic rings. The number of esters is 2. The van der Waals surface area contributed by atoms with E-state index in [0.29, 0.717) is 17.4 Å². The monoisotopic (exact) mass is 1100 g/mol. The van der Waals surface area contributed by atoms with Crippen LogP contribution in [-0.4, -0.2) is 70.0 Å². The van der Waals surface area contributed by atoms with Crippen molar-refractivity contribution in [1.29, 1.82) is 0 Å². The van der Waals surface area contributed by atoms with Crippen molar-refractivity contribution < 1.29 is 42.1 Å². The number of ether oxygens (including phenoxy) is 2. The normalized spacial score (nSPS) is 13.2. The van der Waals surface area contributed by atoms with Crippen molar-refractivity contribution in [2.75, 3.05) is 47.5 Å². The zero-order valence-corrected chi connectivity index (χ0v) is 52.4. The van der Waals surface area contributed by atoms with Gasteiger partial charge in [0.2, 0.25) is 0 Å². The van der Waals surface area contributed by atoms with Crippen molar-refractivity contribution >= 4 is 19.8 Å². The maximum Gasteiger partial charge on any atom is 0.306 e. The molecule has 0 aliphatic heterocycles. The maximum atomic E-state index is 12.8. The van der Waals surface area contributed by atoms with Crippen LogP contribution in [0.1, 0.15) is 348 Å². The number of hydrogen-bond donors (Lipinski definition) is 0. The first kappa shape index (κ1) is 74.8. The van der Waals surface area contributed by atoms with Gasteiger partial charge in [-0.2, -0.15) is 0 Å². The van der Waals surface area contributed by atoms with Gasteiger partial charge in [0.1, 0.15) is 19.8 Å². The second kappa shape index (κ2) is 58.4. The standard InChI is InChI=1S/C66H130NO8P/c1-6-8-10-12-14-16-18-20-22-24-25-26-27-28-29-30-31-32-33-34-35-36-37-38-39-40-41-43-45-47-49-51-53-55-57-59-66(69)75-64(63-74-76(70,71)73-61-60-67(3,4)5)62-72-65(68)58-56-54-52-50-48-46-44-42-23-21-19-17-15-13-11-9-7-2/h24-25,64H,6-23,26-63H2,1-5H3/b25-24-. The number of phosphoric acid groups is 1. The van der Waals surface area contributed by atoms with Gasteiger partial charge in [0, 0.05) is 12.8 Å². The Balaban J connectivity index is 3.93. The van der Waals surface area contributed by atoms with E-state index in [1.54, 1.807) is 0 Å². The van der Waals surface area contributed by atoms with E-state index in [1.165, 1.54) is 283 Å². The number of allylic oxidation sites excluding steroid dienone is 2. The van der Waals surface area contributed by atoms with Gasteiger partial charge in [-0.05, 0) is 38.5 Å². The summed E-state index contributed by atoms with van der Waals surface area (Å²) in [4.78, 5) is 37.9. The fourth-order valence-corrected chi connectivity index (χ4v) is 10.9. The molecule has 0 saturated heterocycles. The molecule has 10 heteroatoms. The van der Waals surface area contributed by atoms with Crippen molar-refractivity contribution in [1.82, 2.24) is 0 Å². The summed E-state index contributed by atoms with van der Waals surface area (Å²) in [5, 5.41) is 0. The molecule has 76 heavy (non-hydrogen) atoms. The topological polar surface area (TPSA) is 111 Å². The van der Waals surface area contributed by atoms with Crippen LogP contribution in [0.2, 0.25) is 0 Å². The van der Waals surface area contributed by atoms with Gasteiger partial charge < -0.3 is 27.9 Å². The minimum atomic E-state index is -4.63. The summed E-state index contributed by atoms with van der Waals surface area (Å²) in [7, 11) is 1.19. The number of quaternary nitrogens is 1. The summed E-state index contributed by atoms with van der Waals surface area (Å²) in [5.41, 5.74) is 0. The van der Waals surface area contributed by atoms with Crippen LogP contribution < -0.4 is 4.89 Å². The first-order chi connectivity index (χ1) is 37.0. The largest absolute Gasteiger partial charge is 0.756 e. The lowest BCUT2D eigenvalue weighted by Crippen LogP contribution is -2.37. The van der Waals surface area contributed by atoms with Gasteiger partial charge in [0.25, 0.3) is 7.82 Å². The van der Waals surface area contributed by atoms with E-state index in [9.17, 15) is 19.0 Å². The Morgan fingerprint density at radius 2 is 0.671 bits per heavy atom. The molecule has 0 saturated carbocycles. The summed E-state index contributed by atoms with van der Waals surface area (Å²) in [5.74, 6) is -0.809. The Morgan fingerprint density at radius 3 is 0.974 bits per heavy atom. The summed E-state index contributed by atoms with van der Waals surface area (Å²) in [6, 6.07) is 0. The molecule has 2 atom stereocenters. The van der Waals surface area contributed by atoms with Crippen LogP contribution >= 0.6 is 7.82 Å². The van der Waals surface area contributed by atoms with Gasteiger partial charge in [-0.3, -0.25) is 14.2 Å². The zero-order chi connectivity index (χ0) is 55.6. The number of carbonyl (C=O) groups excluding carboxylic acids is 2. The SMILES string of the molecule is CCCCCCCCCC/C=C\CCCCCCCCCCCCCCCCCCCCCCCCCC(=O)OC(COC(=O)CCCCCCCCCCCCCCCCCCC)COP(=O)([O-])OCC[N+](C)(C)C. The minimum absolute atomic E-state index is 0.0258. The van der Waals surface area contributed by atoms with E-state index in [4.69, 9.17) is 18.5 Å². The fourth-order valence-electron chi connectivity index (χ4n) is 10.1. The number of phosphoric ester groups is 1. The number of rotatable bonds is 63. The van der Waals surface area contributed by atoms with E-state index < -0.39 is 26.5 Å². The third kappa shape index (κ3) is 62.0. The molecule has 452 valence electrons. The number of carbonyl (C=O) groups is 2. The van der Waals surface area contributed by atoms with E-state index in [1.807, 2.05) is 21.1 Å². The number of unbranched alkanes of at least 4 members (excludes halogenated alkanes) is 47. The van der Waals surface area contributed by atoms with Crippen LogP contribution in [0.5, 0.6) is 0 Å². The summed E-state index contributed by atoms with van der Waals surface area (Å²) < 4.78 is 34.2. The van der Waals surface area contributed by atoms with Crippen LogP contribution in [0, 0.1) is 0 Å². The first-order valence-electron chi connectivity index (χ1n) is 33.4. The average Bonchev–Trinajstić information content (AvgIpc) is 3.38. The Bertz CT molecular complexity index is 1290. The van der Waals surface area contributed by atoms with Crippen molar-refractivity contribution in [3.05, 3.63) is 12.2 Å².